The third kappa shape index (κ3) is 1.20. The molecule has 0 fully saturated rings. The number of anilines is 1. The molecule has 1 aromatic heterocycles. The maximum absolute atomic E-state index is 5.34. The van der Waals surface area contributed by atoms with E-state index in [2.05, 4.69) is 15.3 Å². The predicted molar refractivity (Wildman–Crippen MR) is 45.4 cm³/mol. The highest BCUT2D eigenvalue weighted by atomic mass is 16.5. The van der Waals surface area contributed by atoms with E-state index < -0.39 is 0 Å². The number of nitrogens with one attached hydrogen (secondary N) is 1. The van der Waals surface area contributed by atoms with Crippen molar-refractivity contribution in [1.82, 2.24) is 9.97 Å². The Hall–Kier alpha value is -1.32. The molecule has 0 aliphatic carbocycles. The van der Waals surface area contributed by atoms with Gasteiger partial charge in [0.15, 0.2) is 11.6 Å². The van der Waals surface area contributed by atoms with Crippen LogP contribution in [-0.4, -0.2) is 23.1 Å². The van der Waals surface area contributed by atoms with E-state index in [0.717, 1.165) is 30.4 Å². The second-order valence-corrected chi connectivity index (χ2v) is 2.63. The molecular weight excluding hydrogens is 154 g/mol. The van der Waals surface area contributed by atoms with Crippen molar-refractivity contribution in [3.8, 4) is 5.75 Å². The Morgan fingerprint density at radius 2 is 2.58 bits per heavy atom. The number of hydrogen-bond acceptors (Lipinski definition) is 4. The number of aryl methyl sites for hydroxylation is 1. The molecule has 0 aromatic carbocycles. The highest BCUT2D eigenvalue weighted by Gasteiger charge is 2.11. The van der Waals surface area contributed by atoms with Crippen molar-refractivity contribution in [2.24, 2.45) is 0 Å². The van der Waals surface area contributed by atoms with Crippen molar-refractivity contribution in [2.45, 2.75) is 13.3 Å². The summed E-state index contributed by atoms with van der Waals surface area (Å²) in [5.74, 6) is 2.44. The lowest BCUT2D eigenvalue weighted by atomic mass is 10.4. The summed E-state index contributed by atoms with van der Waals surface area (Å²) >= 11 is 0. The highest BCUT2D eigenvalue weighted by Crippen LogP contribution is 2.22. The van der Waals surface area contributed by atoms with Crippen LogP contribution in [0.1, 0.15) is 12.7 Å². The molecule has 4 heteroatoms. The molecule has 4 nitrogen and oxygen atoms in total. The zero-order valence-corrected chi connectivity index (χ0v) is 7.00. The van der Waals surface area contributed by atoms with Crippen LogP contribution in [0.2, 0.25) is 0 Å². The van der Waals surface area contributed by atoms with E-state index >= 15 is 0 Å². The van der Waals surface area contributed by atoms with E-state index in [1.54, 1.807) is 6.20 Å². The van der Waals surface area contributed by atoms with Crippen molar-refractivity contribution >= 4 is 5.82 Å². The Morgan fingerprint density at radius 1 is 1.67 bits per heavy atom. The molecule has 0 atom stereocenters. The minimum absolute atomic E-state index is 0.696. The third-order valence-corrected chi connectivity index (χ3v) is 1.77. The second kappa shape index (κ2) is 2.97. The van der Waals surface area contributed by atoms with Gasteiger partial charge in [0.1, 0.15) is 12.4 Å². The Morgan fingerprint density at radius 3 is 3.42 bits per heavy atom. The van der Waals surface area contributed by atoms with E-state index in [0.29, 0.717) is 6.61 Å². The molecule has 0 bridgehead atoms. The predicted octanol–water partition coefficient (Wildman–Crippen LogP) is 0.843. The number of nitrogens with zero attached hydrogens (tertiary/aromatic N) is 2. The average molecular weight is 165 g/mol. The van der Waals surface area contributed by atoms with Gasteiger partial charge in [-0.05, 0) is 0 Å². The Balaban J connectivity index is 2.36. The van der Waals surface area contributed by atoms with Crippen LogP contribution in [0.5, 0.6) is 5.75 Å². The zero-order valence-electron chi connectivity index (χ0n) is 7.00. The molecule has 1 aliphatic rings. The molecule has 0 saturated heterocycles. The quantitative estimate of drug-likeness (QED) is 0.670. The van der Waals surface area contributed by atoms with Crippen LogP contribution in [0, 0.1) is 0 Å². The van der Waals surface area contributed by atoms with Gasteiger partial charge in [-0.25, -0.2) is 9.97 Å². The van der Waals surface area contributed by atoms with Crippen LogP contribution in [0.15, 0.2) is 6.20 Å². The number of aromatic nitrogens is 2. The van der Waals surface area contributed by atoms with Crippen molar-refractivity contribution in [3.63, 3.8) is 0 Å². The molecule has 0 saturated carbocycles. The van der Waals surface area contributed by atoms with Crippen LogP contribution in [0.3, 0.4) is 0 Å². The van der Waals surface area contributed by atoms with Gasteiger partial charge in [0.05, 0.1) is 12.7 Å². The van der Waals surface area contributed by atoms with Crippen molar-refractivity contribution in [1.29, 1.82) is 0 Å². The van der Waals surface area contributed by atoms with Crippen LogP contribution in [0.4, 0.5) is 5.82 Å². The SMILES string of the molecule is CCc1ncc2c(n1)NCCO2. The summed E-state index contributed by atoms with van der Waals surface area (Å²) < 4.78 is 5.34. The van der Waals surface area contributed by atoms with Gasteiger partial charge in [0.25, 0.3) is 0 Å². The van der Waals surface area contributed by atoms with Crippen molar-refractivity contribution < 1.29 is 4.74 Å². The summed E-state index contributed by atoms with van der Waals surface area (Å²) in [7, 11) is 0. The van der Waals surface area contributed by atoms with Crippen LogP contribution >= 0.6 is 0 Å². The van der Waals surface area contributed by atoms with Gasteiger partial charge >= 0.3 is 0 Å². The van der Waals surface area contributed by atoms with Gasteiger partial charge in [-0.15, -0.1) is 0 Å². The summed E-state index contributed by atoms with van der Waals surface area (Å²) in [5, 5.41) is 3.16. The first-order chi connectivity index (χ1) is 5.90. The number of hydrogen-bond donors (Lipinski definition) is 1. The smallest absolute Gasteiger partial charge is 0.179 e. The molecule has 0 radical (unpaired) electrons. The van der Waals surface area contributed by atoms with E-state index in [-0.39, 0.29) is 0 Å². The number of ether oxygens (including phenoxy) is 1. The fourth-order valence-electron chi connectivity index (χ4n) is 1.14. The molecule has 1 aliphatic heterocycles. The Kier molecular flexibility index (Phi) is 1.81. The molecule has 2 rings (SSSR count). The van der Waals surface area contributed by atoms with Crippen LogP contribution < -0.4 is 10.1 Å². The summed E-state index contributed by atoms with van der Waals surface area (Å²) in [4.78, 5) is 8.42. The van der Waals surface area contributed by atoms with Gasteiger partial charge in [0.2, 0.25) is 0 Å². The number of rotatable bonds is 1. The van der Waals surface area contributed by atoms with E-state index in [4.69, 9.17) is 4.74 Å². The fourth-order valence-corrected chi connectivity index (χ4v) is 1.14. The summed E-state index contributed by atoms with van der Waals surface area (Å²) in [6.07, 6.45) is 2.59. The molecular formula is C8H11N3O. The first-order valence-corrected chi connectivity index (χ1v) is 4.12. The van der Waals surface area contributed by atoms with Gasteiger partial charge < -0.3 is 10.1 Å². The summed E-state index contributed by atoms with van der Waals surface area (Å²) in [6.45, 7) is 3.56. The van der Waals surface area contributed by atoms with Crippen LogP contribution in [0.25, 0.3) is 0 Å². The molecule has 12 heavy (non-hydrogen) atoms. The van der Waals surface area contributed by atoms with E-state index in [1.807, 2.05) is 6.92 Å². The fraction of sp³-hybridized carbons (Fsp3) is 0.500. The monoisotopic (exact) mass is 165 g/mol. The molecule has 64 valence electrons. The van der Waals surface area contributed by atoms with Gasteiger partial charge in [0, 0.05) is 6.42 Å². The van der Waals surface area contributed by atoms with Gasteiger partial charge in [-0.1, -0.05) is 6.92 Å². The van der Waals surface area contributed by atoms with Crippen molar-refractivity contribution in [2.75, 3.05) is 18.5 Å². The largest absolute Gasteiger partial charge is 0.486 e. The van der Waals surface area contributed by atoms with Crippen molar-refractivity contribution in [3.05, 3.63) is 12.0 Å². The van der Waals surface area contributed by atoms with E-state index in [1.165, 1.54) is 0 Å². The lowest BCUT2D eigenvalue weighted by molar-refractivity contribution is 0.319. The second-order valence-electron chi connectivity index (χ2n) is 2.63. The molecule has 0 amide bonds. The molecule has 0 spiro atoms. The molecule has 0 unspecified atom stereocenters. The van der Waals surface area contributed by atoms with Crippen LogP contribution in [-0.2, 0) is 6.42 Å². The first-order valence-electron chi connectivity index (χ1n) is 4.12. The summed E-state index contributed by atoms with van der Waals surface area (Å²) in [5.41, 5.74) is 0. The van der Waals surface area contributed by atoms with Gasteiger partial charge in [-0.2, -0.15) is 0 Å². The first kappa shape index (κ1) is 7.34. The molecule has 1 aromatic rings. The molecule has 2 heterocycles. The minimum Gasteiger partial charge on any atom is -0.486 e. The Bertz CT molecular complexity index is 288. The number of fused-ring (bicyclic) bond motifs is 1. The van der Waals surface area contributed by atoms with Gasteiger partial charge in [-0.3, -0.25) is 0 Å². The maximum Gasteiger partial charge on any atom is 0.179 e. The lowest BCUT2D eigenvalue weighted by Gasteiger charge is -2.17. The van der Waals surface area contributed by atoms with E-state index in [9.17, 15) is 0 Å². The standard InChI is InChI=1S/C8H11N3O/c1-2-7-10-5-6-8(11-7)9-3-4-12-6/h5H,2-4H2,1H3,(H,9,10,11). The normalized spacial score (nSPS) is 14.4. The Labute approximate surface area is 71.0 Å². The minimum atomic E-state index is 0.696. The average Bonchev–Trinajstić information content (AvgIpc) is 2.17. The zero-order chi connectivity index (χ0) is 8.39. The topological polar surface area (TPSA) is 47.0 Å². The summed E-state index contributed by atoms with van der Waals surface area (Å²) in [6, 6.07) is 0. The molecule has 1 N–H and O–H groups in total. The maximum atomic E-state index is 5.34. The highest BCUT2D eigenvalue weighted by molar-refractivity contribution is 5.50. The third-order valence-electron chi connectivity index (χ3n) is 1.77. The lowest BCUT2D eigenvalue weighted by Crippen LogP contribution is -2.19.